The quantitative estimate of drug-likeness (QED) is 0.232. The van der Waals surface area contributed by atoms with Crippen molar-refractivity contribution < 1.29 is 38.4 Å². The van der Waals surface area contributed by atoms with Crippen LogP contribution < -0.4 is 23.7 Å². The number of ketones is 1. The van der Waals surface area contributed by atoms with Crippen LogP contribution in [0.4, 0.5) is 0 Å². The van der Waals surface area contributed by atoms with E-state index in [1.165, 1.54) is 52.6 Å². The van der Waals surface area contributed by atoms with Crippen LogP contribution in [0.15, 0.2) is 29.8 Å². The van der Waals surface area contributed by atoms with Crippen LogP contribution in [-0.2, 0) is 9.59 Å². The van der Waals surface area contributed by atoms with Crippen LogP contribution in [0.2, 0.25) is 5.02 Å². The van der Waals surface area contributed by atoms with Gasteiger partial charge in [-0.3, -0.25) is 9.59 Å². The number of ether oxygens (including phenoxy) is 5. The molecule has 2 aromatic rings. The minimum Gasteiger partial charge on any atom is -0.507 e. The van der Waals surface area contributed by atoms with E-state index in [-0.39, 0.29) is 34.2 Å². The highest BCUT2D eigenvalue weighted by atomic mass is 35.5. The summed E-state index contributed by atoms with van der Waals surface area (Å²) >= 11 is 6.26. The molecular weight excluding hydrogens is 528 g/mol. The van der Waals surface area contributed by atoms with Gasteiger partial charge in [0.1, 0.15) is 17.3 Å². The number of aliphatic hydroxyl groups is 1. The molecule has 1 heterocycles. The third-order valence-corrected chi connectivity index (χ3v) is 7.12. The average molecular weight is 563 g/mol. The van der Waals surface area contributed by atoms with Crippen molar-refractivity contribution in [2.24, 2.45) is 0 Å². The summed E-state index contributed by atoms with van der Waals surface area (Å²) in [6, 6.07) is 5.30. The Kier molecular flexibility index (Phi) is 9.93. The zero-order chi connectivity index (χ0) is 28.9. The molecule has 11 heteroatoms. The maximum atomic E-state index is 13.5. The summed E-state index contributed by atoms with van der Waals surface area (Å²) in [6.07, 6.45) is 0. The molecule has 1 aliphatic rings. The number of likely N-dealkylation sites (N-methyl/N-ethyl adjacent to an activating group) is 1. The Labute approximate surface area is 233 Å². The number of carbonyl (C=O) groups is 2. The van der Waals surface area contributed by atoms with Gasteiger partial charge >= 0.3 is 0 Å². The maximum absolute atomic E-state index is 13.5. The molecule has 1 fully saturated rings. The van der Waals surface area contributed by atoms with Crippen molar-refractivity contribution in [1.29, 1.82) is 0 Å². The van der Waals surface area contributed by atoms with Gasteiger partial charge in [-0.2, -0.15) is 0 Å². The number of benzene rings is 2. The van der Waals surface area contributed by atoms with Crippen molar-refractivity contribution in [3.63, 3.8) is 0 Å². The lowest BCUT2D eigenvalue weighted by molar-refractivity contribution is -0.140. The topological polar surface area (TPSA) is 107 Å². The predicted octanol–water partition coefficient (Wildman–Crippen LogP) is 4.15. The predicted molar refractivity (Wildman–Crippen MR) is 147 cm³/mol. The Balaban J connectivity index is 2.31. The van der Waals surface area contributed by atoms with Gasteiger partial charge in [0.2, 0.25) is 5.75 Å². The molecular formula is C28H35ClN2O8. The molecule has 0 radical (unpaired) electrons. The van der Waals surface area contributed by atoms with Crippen molar-refractivity contribution in [2.75, 3.05) is 61.7 Å². The van der Waals surface area contributed by atoms with Gasteiger partial charge in [0.05, 0.1) is 57.8 Å². The van der Waals surface area contributed by atoms with E-state index in [4.69, 9.17) is 35.3 Å². The Morgan fingerprint density at radius 3 is 1.92 bits per heavy atom. The van der Waals surface area contributed by atoms with E-state index in [0.717, 1.165) is 13.1 Å². The number of hydrogen-bond acceptors (Lipinski definition) is 9. The Hall–Kier alpha value is -3.63. The van der Waals surface area contributed by atoms with E-state index in [9.17, 15) is 14.7 Å². The van der Waals surface area contributed by atoms with Crippen LogP contribution in [0, 0.1) is 0 Å². The van der Waals surface area contributed by atoms with E-state index in [2.05, 4.69) is 4.90 Å². The SMILES string of the molecule is CCN(CC)CCN1C(=O)C(=O)/C(=C(/O)c2cc(OC)c(Cl)cc2OC)C1c1cc(OC)c(OC)c(OC)c1. The summed E-state index contributed by atoms with van der Waals surface area (Å²) in [5.74, 6) is -0.490. The first-order chi connectivity index (χ1) is 18.7. The normalized spacial score (nSPS) is 16.5. The fourth-order valence-electron chi connectivity index (χ4n) is 4.70. The van der Waals surface area contributed by atoms with Crippen LogP contribution in [-0.4, -0.2) is 88.3 Å². The average Bonchev–Trinajstić information content (AvgIpc) is 3.21. The summed E-state index contributed by atoms with van der Waals surface area (Å²) in [5, 5.41) is 11.9. The number of methoxy groups -OCH3 is 5. The second kappa shape index (κ2) is 12.9. The smallest absolute Gasteiger partial charge is 0.295 e. The number of hydrogen-bond donors (Lipinski definition) is 1. The molecule has 0 aliphatic carbocycles. The first-order valence-corrected chi connectivity index (χ1v) is 12.8. The molecule has 10 nitrogen and oxygen atoms in total. The summed E-state index contributed by atoms with van der Waals surface area (Å²) < 4.78 is 27.3. The van der Waals surface area contributed by atoms with E-state index in [1.807, 2.05) is 13.8 Å². The molecule has 0 spiro atoms. The van der Waals surface area contributed by atoms with E-state index in [0.29, 0.717) is 29.4 Å². The minimum absolute atomic E-state index is 0.114. The van der Waals surface area contributed by atoms with E-state index in [1.54, 1.807) is 12.1 Å². The molecule has 3 rings (SSSR count). The van der Waals surface area contributed by atoms with Gasteiger partial charge in [-0.1, -0.05) is 25.4 Å². The number of amides is 1. The van der Waals surface area contributed by atoms with Crippen LogP contribution in [0.25, 0.3) is 5.76 Å². The van der Waals surface area contributed by atoms with Crippen LogP contribution in [0.5, 0.6) is 28.7 Å². The van der Waals surface area contributed by atoms with Crippen LogP contribution >= 0.6 is 11.6 Å². The molecule has 0 bridgehead atoms. The first kappa shape index (κ1) is 29.9. The molecule has 1 atom stereocenters. The Morgan fingerprint density at radius 1 is 0.872 bits per heavy atom. The number of halogens is 1. The lowest BCUT2D eigenvalue weighted by Crippen LogP contribution is -2.38. The van der Waals surface area contributed by atoms with Crippen molar-refractivity contribution in [1.82, 2.24) is 9.80 Å². The standard InChI is InChI=1S/C28H35ClN2O8/c1-8-30(9-2)10-11-31-24(16-12-21(37-5)27(39-7)22(13-16)38-6)23(26(33)28(31)34)25(32)17-14-20(36-4)18(29)15-19(17)35-3/h12-15,24,32H,8-11H2,1-7H3/b25-23+. The van der Waals surface area contributed by atoms with Gasteiger partial charge < -0.3 is 38.6 Å². The van der Waals surface area contributed by atoms with Crippen molar-refractivity contribution >= 4 is 29.1 Å². The lowest BCUT2D eigenvalue weighted by atomic mass is 9.94. The highest BCUT2D eigenvalue weighted by molar-refractivity contribution is 6.46. The summed E-state index contributed by atoms with van der Waals surface area (Å²) in [7, 11) is 7.27. The summed E-state index contributed by atoms with van der Waals surface area (Å²) in [6.45, 7) is 6.36. The largest absolute Gasteiger partial charge is 0.507 e. The van der Waals surface area contributed by atoms with E-state index >= 15 is 0 Å². The van der Waals surface area contributed by atoms with Gasteiger partial charge in [0, 0.05) is 19.2 Å². The zero-order valence-corrected chi connectivity index (χ0v) is 24.0. The third kappa shape index (κ3) is 5.72. The molecule has 1 amide bonds. The molecule has 1 N–H and O–H groups in total. The number of carbonyl (C=O) groups excluding carboxylic acids is 2. The highest BCUT2D eigenvalue weighted by Crippen LogP contribution is 2.47. The molecule has 2 aromatic carbocycles. The van der Waals surface area contributed by atoms with Crippen molar-refractivity contribution in [3.05, 3.63) is 46.0 Å². The van der Waals surface area contributed by atoms with Gasteiger partial charge in [-0.15, -0.1) is 0 Å². The fraction of sp³-hybridized carbons (Fsp3) is 0.429. The molecule has 1 unspecified atom stereocenters. The molecule has 0 saturated carbocycles. The second-order valence-corrected chi connectivity index (χ2v) is 9.07. The van der Waals surface area contributed by atoms with Gasteiger partial charge in [0.25, 0.3) is 11.7 Å². The van der Waals surface area contributed by atoms with Crippen LogP contribution in [0.1, 0.15) is 31.0 Å². The molecule has 1 aliphatic heterocycles. The minimum atomic E-state index is -0.958. The Bertz CT molecular complexity index is 1230. The van der Waals surface area contributed by atoms with Crippen LogP contribution in [0.3, 0.4) is 0 Å². The maximum Gasteiger partial charge on any atom is 0.295 e. The highest BCUT2D eigenvalue weighted by Gasteiger charge is 2.47. The van der Waals surface area contributed by atoms with Gasteiger partial charge in [0.15, 0.2) is 11.5 Å². The lowest BCUT2D eigenvalue weighted by Gasteiger charge is -2.29. The second-order valence-electron chi connectivity index (χ2n) is 8.67. The Morgan fingerprint density at radius 2 is 1.44 bits per heavy atom. The molecule has 1 saturated heterocycles. The van der Waals surface area contributed by atoms with Gasteiger partial charge in [-0.25, -0.2) is 0 Å². The first-order valence-electron chi connectivity index (χ1n) is 12.4. The van der Waals surface area contributed by atoms with Crippen molar-refractivity contribution in [3.8, 4) is 28.7 Å². The molecule has 0 aromatic heterocycles. The molecule has 212 valence electrons. The van der Waals surface area contributed by atoms with Gasteiger partial charge in [-0.05, 0) is 36.9 Å². The number of rotatable bonds is 12. The van der Waals surface area contributed by atoms with E-state index < -0.39 is 23.5 Å². The fourth-order valence-corrected chi connectivity index (χ4v) is 4.93. The van der Waals surface area contributed by atoms with Crippen molar-refractivity contribution in [2.45, 2.75) is 19.9 Å². The number of nitrogens with zero attached hydrogens (tertiary/aromatic N) is 2. The third-order valence-electron chi connectivity index (χ3n) is 6.82. The number of aliphatic hydroxyl groups excluding tert-OH is 1. The summed E-state index contributed by atoms with van der Waals surface area (Å²) in [5.41, 5.74) is 0.527. The number of likely N-dealkylation sites (tertiary alicyclic amines) is 1. The zero-order valence-electron chi connectivity index (χ0n) is 23.3. The number of Topliss-reactive ketones (excluding diaryl/α,β-unsaturated/α-hetero) is 1. The summed E-state index contributed by atoms with van der Waals surface area (Å²) in [4.78, 5) is 30.6. The molecule has 39 heavy (non-hydrogen) atoms. The monoisotopic (exact) mass is 562 g/mol.